The molecule has 0 saturated carbocycles. The van der Waals surface area contributed by atoms with Crippen molar-refractivity contribution in [2.75, 3.05) is 23.4 Å². The zero-order valence-corrected chi connectivity index (χ0v) is 13.4. The molecule has 1 fully saturated rings. The number of hydrogen-bond donors (Lipinski definition) is 1. The fraction of sp³-hybridized carbons (Fsp3) is 0.333. The van der Waals surface area contributed by atoms with Gasteiger partial charge in [0.1, 0.15) is 11.3 Å². The molecular weight excluding hydrogens is 316 g/mol. The molecule has 1 N–H and O–H groups in total. The molecule has 120 valence electrons. The zero-order chi connectivity index (χ0) is 16.2. The monoisotopic (exact) mass is 332 g/mol. The third-order valence-electron chi connectivity index (χ3n) is 3.54. The van der Waals surface area contributed by atoms with Crippen molar-refractivity contribution in [3.8, 4) is 5.75 Å². The van der Waals surface area contributed by atoms with Crippen molar-refractivity contribution in [2.24, 2.45) is 5.92 Å². The van der Waals surface area contributed by atoms with Gasteiger partial charge in [0.2, 0.25) is 16.9 Å². The molecule has 7 nitrogen and oxygen atoms in total. The molecule has 3 rings (SSSR count). The molecule has 23 heavy (non-hydrogen) atoms. The highest BCUT2D eigenvalue weighted by molar-refractivity contribution is 7.13. The van der Waals surface area contributed by atoms with Crippen molar-refractivity contribution in [1.29, 1.82) is 0 Å². The van der Waals surface area contributed by atoms with Crippen LogP contribution in [0.1, 0.15) is 13.3 Å². The molecule has 0 bridgehead atoms. The average molecular weight is 332 g/mol. The van der Waals surface area contributed by atoms with Crippen LogP contribution in [-0.2, 0) is 9.59 Å². The topological polar surface area (TPSA) is 84.4 Å². The van der Waals surface area contributed by atoms with Gasteiger partial charge in [0.05, 0.1) is 18.2 Å². The largest absolute Gasteiger partial charge is 0.492 e. The maximum atomic E-state index is 12.3. The molecule has 8 heteroatoms. The molecule has 0 spiro atoms. The summed E-state index contributed by atoms with van der Waals surface area (Å²) in [6, 6.07) is 7.35. The van der Waals surface area contributed by atoms with Gasteiger partial charge in [-0.3, -0.25) is 9.59 Å². The third kappa shape index (κ3) is 3.31. The lowest BCUT2D eigenvalue weighted by molar-refractivity contribution is -0.122. The quantitative estimate of drug-likeness (QED) is 0.904. The summed E-state index contributed by atoms with van der Waals surface area (Å²) >= 11 is 1.24. The van der Waals surface area contributed by atoms with E-state index in [1.54, 1.807) is 10.4 Å². The van der Waals surface area contributed by atoms with Crippen molar-refractivity contribution in [1.82, 2.24) is 10.2 Å². The minimum absolute atomic E-state index is 0.0884. The molecule has 1 aromatic heterocycles. The highest BCUT2D eigenvalue weighted by atomic mass is 32.1. The van der Waals surface area contributed by atoms with Crippen LogP contribution in [0.2, 0.25) is 0 Å². The molecule has 2 aromatic rings. The first kappa shape index (κ1) is 15.4. The maximum absolute atomic E-state index is 12.3. The smallest absolute Gasteiger partial charge is 0.231 e. The summed E-state index contributed by atoms with van der Waals surface area (Å²) in [5.41, 5.74) is 2.24. The fourth-order valence-electron chi connectivity index (χ4n) is 2.51. The Morgan fingerprint density at radius 3 is 3.04 bits per heavy atom. The Bertz CT molecular complexity index is 705. The number of rotatable bonds is 5. The average Bonchev–Trinajstić information content (AvgIpc) is 3.18. The van der Waals surface area contributed by atoms with Crippen LogP contribution in [0.25, 0.3) is 0 Å². The first-order valence-electron chi connectivity index (χ1n) is 7.28. The lowest BCUT2D eigenvalue weighted by atomic mass is 10.1. The number of nitrogens with one attached hydrogen (secondary N) is 1. The van der Waals surface area contributed by atoms with Crippen LogP contribution < -0.4 is 15.0 Å². The second-order valence-electron chi connectivity index (χ2n) is 5.04. The van der Waals surface area contributed by atoms with Gasteiger partial charge in [0, 0.05) is 13.0 Å². The van der Waals surface area contributed by atoms with Crippen molar-refractivity contribution in [3.63, 3.8) is 0 Å². The van der Waals surface area contributed by atoms with Gasteiger partial charge in [-0.1, -0.05) is 23.5 Å². The molecule has 1 aliphatic rings. The first-order valence-corrected chi connectivity index (χ1v) is 8.16. The Labute approximate surface area is 137 Å². The van der Waals surface area contributed by atoms with Crippen molar-refractivity contribution < 1.29 is 14.3 Å². The molecule has 2 amide bonds. The number of anilines is 2. The van der Waals surface area contributed by atoms with E-state index in [4.69, 9.17) is 4.74 Å². The highest BCUT2D eigenvalue weighted by Crippen LogP contribution is 2.33. The number of carbonyl (C=O) groups is 2. The van der Waals surface area contributed by atoms with Gasteiger partial charge in [0.25, 0.3) is 0 Å². The zero-order valence-electron chi connectivity index (χ0n) is 12.6. The molecule has 1 saturated heterocycles. The van der Waals surface area contributed by atoms with Crippen LogP contribution in [0.3, 0.4) is 0 Å². The Morgan fingerprint density at radius 2 is 2.30 bits per heavy atom. The van der Waals surface area contributed by atoms with Gasteiger partial charge in [0.15, 0.2) is 0 Å². The minimum atomic E-state index is -0.416. The second kappa shape index (κ2) is 6.74. The number of para-hydroxylation sites is 2. The standard InChI is InChI=1S/C15H16N4O3S/c1-2-22-12-6-4-3-5-11(12)19-8-10(7-13(19)20)14(21)17-15-18-16-9-23-15/h3-6,9-10H,2,7-8H2,1H3,(H,17,18,21). The molecule has 0 aliphatic carbocycles. The minimum Gasteiger partial charge on any atom is -0.492 e. The van der Waals surface area contributed by atoms with Gasteiger partial charge >= 0.3 is 0 Å². The van der Waals surface area contributed by atoms with Crippen LogP contribution in [0.15, 0.2) is 29.8 Å². The molecule has 0 radical (unpaired) electrons. The van der Waals surface area contributed by atoms with Crippen LogP contribution in [-0.4, -0.2) is 35.2 Å². The first-order chi connectivity index (χ1) is 11.2. The lowest BCUT2D eigenvalue weighted by Gasteiger charge is -2.20. The molecular formula is C15H16N4O3S. The second-order valence-corrected chi connectivity index (χ2v) is 5.87. The van der Waals surface area contributed by atoms with E-state index < -0.39 is 5.92 Å². The van der Waals surface area contributed by atoms with Crippen LogP contribution >= 0.6 is 11.3 Å². The number of hydrogen-bond acceptors (Lipinski definition) is 6. The SMILES string of the molecule is CCOc1ccccc1N1CC(C(=O)Nc2nncs2)CC1=O. The summed E-state index contributed by atoms with van der Waals surface area (Å²) < 4.78 is 5.57. The fourth-order valence-corrected chi connectivity index (χ4v) is 2.96. The van der Waals surface area contributed by atoms with Gasteiger partial charge in [-0.25, -0.2) is 0 Å². The van der Waals surface area contributed by atoms with Crippen molar-refractivity contribution >= 4 is 34.0 Å². The number of amides is 2. The predicted octanol–water partition coefficient (Wildman–Crippen LogP) is 1.93. The number of carbonyl (C=O) groups excluding carboxylic acids is 2. The molecule has 1 unspecified atom stereocenters. The summed E-state index contributed by atoms with van der Waals surface area (Å²) in [6.45, 7) is 2.73. The van der Waals surface area contributed by atoms with Crippen molar-refractivity contribution in [2.45, 2.75) is 13.3 Å². The third-order valence-corrected chi connectivity index (χ3v) is 4.15. The van der Waals surface area contributed by atoms with E-state index in [9.17, 15) is 9.59 Å². The van der Waals surface area contributed by atoms with Gasteiger partial charge in [-0.05, 0) is 19.1 Å². The van der Waals surface area contributed by atoms with E-state index in [-0.39, 0.29) is 18.2 Å². The Morgan fingerprint density at radius 1 is 1.48 bits per heavy atom. The van der Waals surface area contributed by atoms with E-state index in [2.05, 4.69) is 15.5 Å². The van der Waals surface area contributed by atoms with E-state index in [1.165, 1.54) is 11.3 Å². The van der Waals surface area contributed by atoms with Gasteiger partial charge in [-0.2, -0.15) is 0 Å². The number of aromatic nitrogens is 2. The Hall–Kier alpha value is -2.48. The number of nitrogens with zero attached hydrogens (tertiary/aromatic N) is 3. The summed E-state index contributed by atoms with van der Waals surface area (Å²) in [5.74, 6) is -0.0735. The van der Waals surface area contributed by atoms with E-state index in [0.29, 0.717) is 29.7 Å². The van der Waals surface area contributed by atoms with Gasteiger partial charge in [-0.15, -0.1) is 10.2 Å². The Balaban J connectivity index is 1.74. The van der Waals surface area contributed by atoms with Crippen LogP contribution in [0.5, 0.6) is 5.75 Å². The summed E-state index contributed by atoms with van der Waals surface area (Å²) in [6.07, 6.45) is 0.172. The van der Waals surface area contributed by atoms with Crippen LogP contribution in [0, 0.1) is 5.92 Å². The predicted molar refractivity (Wildman–Crippen MR) is 86.6 cm³/mol. The molecule has 1 aliphatic heterocycles. The Kier molecular flexibility index (Phi) is 4.52. The van der Waals surface area contributed by atoms with E-state index in [1.807, 2.05) is 31.2 Å². The van der Waals surface area contributed by atoms with Gasteiger partial charge < -0.3 is 15.0 Å². The van der Waals surface area contributed by atoms with E-state index >= 15 is 0 Å². The summed E-state index contributed by atoms with van der Waals surface area (Å²) in [7, 11) is 0. The maximum Gasteiger partial charge on any atom is 0.231 e. The number of benzene rings is 1. The summed E-state index contributed by atoms with van der Waals surface area (Å²) in [4.78, 5) is 26.2. The summed E-state index contributed by atoms with van der Waals surface area (Å²) in [5, 5.41) is 10.6. The molecule has 1 aromatic carbocycles. The van der Waals surface area contributed by atoms with Crippen LogP contribution in [0.4, 0.5) is 10.8 Å². The number of ether oxygens (including phenoxy) is 1. The van der Waals surface area contributed by atoms with Crippen molar-refractivity contribution in [3.05, 3.63) is 29.8 Å². The normalized spacial score (nSPS) is 17.3. The molecule has 2 heterocycles. The lowest BCUT2D eigenvalue weighted by Crippen LogP contribution is -2.28. The molecule has 1 atom stereocenters. The highest BCUT2D eigenvalue weighted by Gasteiger charge is 2.36. The van der Waals surface area contributed by atoms with E-state index in [0.717, 1.165) is 0 Å².